The molecule has 1 aliphatic rings. The van der Waals surface area contributed by atoms with Gasteiger partial charge in [-0.1, -0.05) is 0 Å². The van der Waals surface area contributed by atoms with Crippen LogP contribution in [0.2, 0.25) is 0 Å². The molecular weight excluding hydrogens is 297 g/mol. The molecule has 0 radical (unpaired) electrons. The van der Waals surface area contributed by atoms with Crippen molar-refractivity contribution in [3.8, 4) is 0 Å². The van der Waals surface area contributed by atoms with E-state index in [2.05, 4.69) is 10.0 Å². The van der Waals surface area contributed by atoms with Crippen molar-refractivity contribution >= 4 is 21.6 Å². The molecule has 2 rings (SSSR count). The van der Waals surface area contributed by atoms with Crippen LogP contribution in [0.1, 0.15) is 24.0 Å². The minimum atomic E-state index is -3.81. The number of aryl methyl sites for hydroxylation is 1. The number of hydrogen-bond acceptors (Lipinski definition) is 4. The van der Waals surface area contributed by atoms with E-state index in [9.17, 15) is 17.6 Å². The van der Waals surface area contributed by atoms with Gasteiger partial charge in [-0.2, -0.15) is 0 Å². The highest BCUT2D eigenvalue weighted by Gasteiger charge is 2.26. The quantitative estimate of drug-likeness (QED) is 0.707. The summed E-state index contributed by atoms with van der Waals surface area (Å²) in [6.45, 7) is 3.09. The summed E-state index contributed by atoms with van der Waals surface area (Å²) in [4.78, 5) is 11.1. The highest BCUT2D eigenvalue weighted by atomic mass is 32.2. The number of rotatable bonds is 4. The third-order valence-electron chi connectivity index (χ3n) is 3.58. The maximum absolute atomic E-state index is 13.5. The van der Waals surface area contributed by atoms with E-state index >= 15 is 0 Å². The standard InChI is InChI=1S/C13H18FN3O3S/c1-7-5-10(14)12(15)8(2)13(7)21(19,20)16-6-9-3-4-11(18)17-9/h5,9,16H,3-4,6,15H2,1-2H3,(H,17,18). The average molecular weight is 315 g/mol. The summed E-state index contributed by atoms with van der Waals surface area (Å²) in [5.41, 5.74) is 5.87. The summed E-state index contributed by atoms with van der Waals surface area (Å²) in [5.74, 6) is -0.718. The number of amides is 1. The summed E-state index contributed by atoms with van der Waals surface area (Å²) in [7, 11) is -3.81. The lowest BCUT2D eigenvalue weighted by atomic mass is 10.1. The largest absolute Gasteiger partial charge is 0.396 e. The number of carbonyl (C=O) groups is 1. The molecule has 1 unspecified atom stereocenters. The minimum Gasteiger partial charge on any atom is -0.396 e. The summed E-state index contributed by atoms with van der Waals surface area (Å²) in [5, 5.41) is 2.68. The van der Waals surface area contributed by atoms with Crippen LogP contribution in [0, 0.1) is 19.7 Å². The molecule has 6 nitrogen and oxygen atoms in total. The number of sulfonamides is 1. The lowest BCUT2D eigenvalue weighted by Gasteiger charge is -2.16. The first kappa shape index (κ1) is 15.7. The molecule has 1 atom stereocenters. The van der Waals surface area contributed by atoms with Crippen LogP contribution in [0.25, 0.3) is 0 Å². The van der Waals surface area contributed by atoms with Crippen LogP contribution in [0.4, 0.5) is 10.1 Å². The van der Waals surface area contributed by atoms with Crippen molar-refractivity contribution in [2.75, 3.05) is 12.3 Å². The fourth-order valence-electron chi connectivity index (χ4n) is 2.46. The lowest BCUT2D eigenvalue weighted by Crippen LogP contribution is -2.38. The number of nitrogens with two attached hydrogens (primary N) is 1. The van der Waals surface area contributed by atoms with Gasteiger partial charge in [0.15, 0.2) is 0 Å². The van der Waals surface area contributed by atoms with Gasteiger partial charge in [0.25, 0.3) is 0 Å². The first-order chi connectivity index (χ1) is 9.72. The van der Waals surface area contributed by atoms with E-state index in [-0.39, 0.29) is 34.6 Å². The van der Waals surface area contributed by atoms with Crippen molar-refractivity contribution in [1.82, 2.24) is 10.0 Å². The van der Waals surface area contributed by atoms with E-state index in [0.29, 0.717) is 18.4 Å². The van der Waals surface area contributed by atoms with Gasteiger partial charge in [-0.25, -0.2) is 17.5 Å². The lowest BCUT2D eigenvalue weighted by molar-refractivity contribution is -0.119. The second kappa shape index (κ2) is 5.61. The molecule has 1 heterocycles. The Morgan fingerprint density at radius 1 is 1.48 bits per heavy atom. The molecule has 4 N–H and O–H groups in total. The Morgan fingerprint density at radius 2 is 2.14 bits per heavy atom. The molecular formula is C13H18FN3O3S. The maximum Gasteiger partial charge on any atom is 0.241 e. The zero-order chi connectivity index (χ0) is 15.8. The van der Waals surface area contributed by atoms with E-state index in [4.69, 9.17) is 5.73 Å². The van der Waals surface area contributed by atoms with Crippen LogP contribution in [0.15, 0.2) is 11.0 Å². The number of anilines is 1. The van der Waals surface area contributed by atoms with Crippen LogP contribution in [0.3, 0.4) is 0 Å². The first-order valence-corrected chi connectivity index (χ1v) is 8.05. The van der Waals surface area contributed by atoms with Crippen LogP contribution in [-0.4, -0.2) is 26.9 Å². The molecule has 0 bridgehead atoms. The van der Waals surface area contributed by atoms with Crippen LogP contribution in [-0.2, 0) is 14.8 Å². The van der Waals surface area contributed by atoms with Crippen molar-refractivity contribution in [2.45, 2.75) is 37.6 Å². The SMILES string of the molecule is Cc1cc(F)c(N)c(C)c1S(=O)(=O)NCC1CCC(=O)N1. The van der Waals surface area contributed by atoms with Crippen molar-refractivity contribution < 1.29 is 17.6 Å². The molecule has 1 fully saturated rings. The third kappa shape index (κ3) is 3.16. The molecule has 1 aromatic carbocycles. The van der Waals surface area contributed by atoms with Gasteiger partial charge >= 0.3 is 0 Å². The highest BCUT2D eigenvalue weighted by Crippen LogP contribution is 2.27. The van der Waals surface area contributed by atoms with E-state index in [1.54, 1.807) is 0 Å². The molecule has 1 aliphatic heterocycles. The van der Waals surface area contributed by atoms with Crippen molar-refractivity contribution in [3.63, 3.8) is 0 Å². The summed E-state index contributed by atoms with van der Waals surface area (Å²) in [6, 6.07) is 0.888. The van der Waals surface area contributed by atoms with Gasteiger partial charge in [0.05, 0.1) is 10.6 Å². The Balaban J connectivity index is 2.24. The number of halogens is 1. The normalized spacial score (nSPS) is 18.8. The highest BCUT2D eigenvalue weighted by molar-refractivity contribution is 7.89. The number of nitrogen functional groups attached to an aromatic ring is 1. The monoisotopic (exact) mass is 315 g/mol. The van der Waals surface area contributed by atoms with Crippen LogP contribution in [0.5, 0.6) is 0 Å². The number of hydrogen-bond donors (Lipinski definition) is 3. The number of carbonyl (C=O) groups excluding carboxylic acids is 1. The fraction of sp³-hybridized carbons (Fsp3) is 0.462. The fourth-order valence-corrected chi connectivity index (χ4v) is 4.02. The Morgan fingerprint density at radius 3 is 2.71 bits per heavy atom. The predicted molar refractivity (Wildman–Crippen MR) is 76.6 cm³/mol. The molecule has 116 valence electrons. The summed E-state index contributed by atoms with van der Waals surface area (Å²) in [6.07, 6.45) is 0.985. The Bertz CT molecular complexity index is 688. The zero-order valence-corrected chi connectivity index (χ0v) is 12.7. The molecule has 0 spiro atoms. The van der Waals surface area contributed by atoms with E-state index in [1.807, 2.05) is 0 Å². The van der Waals surface area contributed by atoms with E-state index in [1.165, 1.54) is 13.8 Å². The Kier molecular flexibility index (Phi) is 4.20. The summed E-state index contributed by atoms with van der Waals surface area (Å²) < 4.78 is 40.7. The molecule has 0 aromatic heterocycles. The van der Waals surface area contributed by atoms with Crippen molar-refractivity contribution in [2.24, 2.45) is 0 Å². The third-order valence-corrected chi connectivity index (χ3v) is 5.29. The van der Waals surface area contributed by atoms with Crippen molar-refractivity contribution in [1.29, 1.82) is 0 Å². The van der Waals surface area contributed by atoms with E-state index < -0.39 is 15.8 Å². The first-order valence-electron chi connectivity index (χ1n) is 6.56. The smallest absolute Gasteiger partial charge is 0.241 e. The second-order valence-corrected chi connectivity index (χ2v) is 6.90. The van der Waals surface area contributed by atoms with Gasteiger partial charge in [-0.05, 0) is 37.5 Å². The van der Waals surface area contributed by atoms with Gasteiger partial charge in [-0.15, -0.1) is 0 Å². The predicted octanol–water partition coefficient (Wildman–Crippen LogP) is 0.582. The second-order valence-electron chi connectivity index (χ2n) is 5.20. The molecule has 21 heavy (non-hydrogen) atoms. The Hall–Kier alpha value is -1.67. The van der Waals surface area contributed by atoms with Gasteiger partial charge in [-0.3, -0.25) is 4.79 Å². The van der Waals surface area contributed by atoms with Crippen LogP contribution >= 0.6 is 0 Å². The van der Waals surface area contributed by atoms with Gasteiger partial charge < -0.3 is 11.1 Å². The molecule has 1 amide bonds. The minimum absolute atomic E-state index is 0.00859. The molecule has 0 aliphatic carbocycles. The number of benzene rings is 1. The maximum atomic E-state index is 13.5. The number of nitrogens with one attached hydrogen (secondary N) is 2. The van der Waals surface area contributed by atoms with Crippen LogP contribution < -0.4 is 15.8 Å². The summed E-state index contributed by atoms with van der Waals surface area (Å²) >= 11 is 0. The zero-order valence-electron chi connectivity index (χ0n) is 11.9. The van der Waals surface area contributed by atoms with Crippen molar-refractivity contribution in [3.05, 3.63) is 23.0 Å². The molecule has 1 saturated heterocycles. The van der Waals surface area contributed by atoms with Gasteiger partial charge in [0.2, 0.25) is 15.9 Å². The topological polar surface area (TPSA) is 101 Å². The van der Waals surface area contributed by atoms with Gasteiger partial charge in [0, 0.05) is 19.0 Å². The molecule has 1 aromatic rings. The molecule has 0 saturated carbocycles. The van der Waals surface area contributed by atoms with E-state index in [0.717, 1.165) is 6.07 Å². The van der Waals surface area contributed by atoms with Gasteiger partial charge in [0.1, 0.15) is 5.82 Å². The average Bonchev–Trinajstić information content (AvgIpc) is 2.79. The molecule has 8 heteroatoms. The Labute approximate surface area is 123 Å².